The van der Waals surface area contributed by atoms with E-state index in [1.165, 1.54) is 12.1 Å². The van der Waals surface area contributed by atoms with Gasteiger partial charge in [0.05, 0.1) is 0 Å². The normalized spacial score (nSPS) is 11.5. The minimum Gasteiger partial charge on any atom is -0.275 e. The van der Waals surface area contributed by atoms with Gasteiger partial charge in [0.25, 0.3) is 0 Å². The first kappa shape index (κ1) is 17.6. The van der Waals surface area contributed by atoms with Crippen molar-refractivity contribution in [2.45, 2.75) is 13.8 Å². The zero-order valence-corrected chi connectivity index (χ0v) is 14.7. The van der Waals surface area contributed by atoms with Gasteiger partial charge in [-0.05, 0) is 49.5 Å². The second-order valence-corrected chi connectivity index (χ2v) is 7.67. The van der Waals surface area contributed by atoms with Crippen LogP contribution >= 0.6 is 31.3 Å². The highest BCUT2D eigenvalue weighted by atomic mass is 35.5. The second kappa shape index (κ2) is 7.70. The van der Waals surface area contributed by atoms with Crippen molar-refractivity contribution in [3.63, 3.8) is 0 Å². The molecule has 0 heterocycles. The number of rotatable bonds is 5. The van der Waals surface area contributed by atoms with Gasteiger partial charge < -0.3 is 0 Å². The zero-order valence-electron chi connectivity index (χ0n) is 12.3. The van der Waals surface area contributed by atoms with Crippen LogP contribution in [-0.4, -0.2) is 17.8 Å². The molecule has 0 aliphatic heterocycles. The molecule has 0 atom stereocenters. The summed E-state index contributed by atoms with van der Waals surface area (Å²) in [4.78, 5) is 0. The van der Waals surface area contributed by atoms with Gasteiger partial charge in [0.1, 0.15) is 11.6 Å². The molecule has 0 N–H and O–H groups in total. The Balaban J connectivity index is 2.60. The van der Waals surface area contributed by atoms with Crippen LogP contribution in [0.15, 0.2) is 36.4 Å². The van der Waals surface area contributed by atoms with Crippen LogP contribution in [0.3, 0.4) is 0 Å². The van der Waals surface area contributed by atoms with Gasteiger partial charge in [-0.3, -0.25) is 4.67 Å². The summed E-state index contributed by atoms with van der Waals surface area (Å²) in [6, 6.07) is 9.07. The smallest absolute Gasteiger partial charge is 0.133 e. The fourth-order valence-electron chi connectivity index (χ4n) is 2.25. The molecule has 2 rings (SSSR count). The third-order valence-electron chi connectivity index (χ3n) is 3.29. The highest BCUT2D eigenvalue weighted by Crippen LogP contribution is 2.40. The molecule has 0 unspecified atom stereocenters. The van der Waals surface area contributed by atoms with Crippen LogP contribution in [0.25, 0.3) is 0 Å². The Kier molecular flexibility index (Phi) is 6.17. The molecule has 2 aromatic carbocycles. The van der Waals surface area contributed by atoms with E-state index in [4.69, 9.17) is 23.2 Å². The SMILES string of the molecule is CCN(CC)P(c1ccc(Cl)cc1F)c1ccc(Cl)cc1F. The van der Waals surface area contributed by atoms with Gasteiger partial charge in [-0.2, -0.15) is 0 Å². The highest BCUT2D eigenvalue weighted by Gasteiger charge is 2.26. The Hall–Kier alpha value is -0.730. The van der Waals surface area contributed by atoms with Gasteiger partial charge in [0, 0.05) is 28.7 Å². The van der Waals surface area contributed by atoms with E-state index in [-0.39, 0.29) is 0 Å². The second-order valence-electron chi connectivity index (χ2n) is 4.64. The summed E-state index contributed by atoms with van der Waals surface area (Å²) in [7, 11) is -1.31. The molecule has 118 valence electrons. The Bertz CT molecular complexity index is 611. The Morgan fingerprint density at radius 2 is 1.27 bits per heavy atom. The summed E-state index contributed by atoms with van der Waals surface area (Å²) in [6.07, 6.45) is 0. The molecular formula is C16H16Cl2F2NP. The van der Waals surface area contributed by atoms with Crippen molar-refractivity contribution < 1.29 is 8.78 Å². The standard InChI is InChI=1S/C16H16Cl2F2NP/c1-3-21(4-2)22(15-7-5-11(17)9-13(15)19)16-8-6-12(18)10-14(16)20/h5-10H,3-4H2,1-2H3. The molecule has 0 saturated carbocycles. The fraction of sp³-hybridized carbons (Fsp3) is 0.250. The molecule has 2 aromatic rings. The molecule has 0 saturated heterocycles. The third-order valence-corrected chi connectivity index (χ3v) is 6.53. The molecule has 1 nitrogen and oxygen atoms in total. The Labute approximate surface area is 140 Å². The van der Waals surface area contributed by atoms with Crippen molar-refractivity contribution in [3.05, 3.63) is 58.1 Å². The largest absolute Gasteiger partial charge is 0.275 e. The fourth-order valence-corrected chi connectivity index (χ4v) is 4.96. The average molecular weight is 362 g/mol. The molecule has 0 radical (unpaired) electrons. The van der Waals surface area contributed by atoms with Crippen molar-refractivity contribution in [1.82, 2.24) is 4.67 Å². The van der Waals surface area contributed by atoms with Crippen LogP contribution < -0.4 is 10.6 Å². The van der Waals surface area contributed by atoms with E-state index < -0.39 is 19.7 Å². The monoisotopic (exact) mass is 361 g/mol. The molecule has 22 heavy (non-hydrogen) atoms. The maximum atomic E-state index is 14.4. The number of benzene rings is 2. The van der Waals surface area contributed by atoms with E-state index >= 15 is 0 Å². The van der Waals surface area contributed by atoms with E-state index in [0.29, 0.717) is 33.7 Å². The summed E-state index contributed by atoms with van der Waals surface area (Å²) in [5.74, 6) is -0.834. The maximum absolute atomic E-state index is 14.4. The molecule has 6 heteroatoms. The lowest BCUT2D eigenvalue weighted by Gasteiger charge is -2.31. The third kappa shape index (κ3) is 3.78. The van der Waals surface area contributed by atoms with Crippen LogP contribution in [0.1, 0.15) is 13.8 Å². The van der Waals surface area contributed by atoms with E-state index in [9.17, 15) is 8.78 Å². The van der Waals surface area contributed by atoms with Crippen molar-refractivity contribution in [2.75, 3.05) is 13.1 Å². The van der Waals surface area contributed by atoms with E-state index in [0.717, 1.165) is 0 Å². The minimum atomic E-state index is -1.31. The van der Waals surface area contributed by atoms with E-state index in [1.807, 2.05) is 18.5 Å². The van der Waals surface area contributed by atoms with Crippen LogP contribution in [0.5, 0.6) is 0 Å². The van der Waals surface area contributed by atoms with Gasteiger partial charge in [-0.15, -0.1) is 0 Å². The molecule has 0 aromatic heterocycles. The topological polar surface area (TPSA) is 3.24 Å². The van der Waals surface area contributed by atoms with Gasteiger partial charge in [-0.25, -0.2) is 8.78 Å². The maximum Gasteiger partial charge on any atom is 0.133 e. The van der Waals surface area contributed by atoms with Crippen molar-refractivity contribution in [1.29, 1.82) is 0 Å². The van der Waals surface area contributed by atoms with Crippen LogP contribution in [0, 0.1) is 11.6 Å². The molecule has 0 bridgehead atoms. The Morgan fingerprint density at radius 1 is 0.864 bits per heavy atom. The van der Waals surface area contributed by atoms with Crippen molar-refractivity contribution in [2.24, 2.45) is 0 Å². The first-order valence-corrected chi connectivity index (χ1v) is 8.98. The predicted octanol–water partition coefficient (Wildman–Crippen LogP) is 4.96. The lowest BCUT2D eigenvalue weighted by molar-refractivity contribution is 0.512. The molecular weight excluding hydrogens is 346 g/mol. The van der Waals surface area contributed by atoms with Crippen LogP contribution in [0.2, 0.25) is 10.0 Å². The highest BCUT2D eigenvalue weighted by molar-refractivity contribution is 7.70. The molecule has 0 fully saturated rings. The molecule has 0 aliphatic rings. The number of hydrogen-bond acceptors (Lipinski definition) is 1. The average Bonchev–Trinajstić information content (AvgIpc) is 2.46. The molecule has 0 amide bonds. The Morgan fingerprint density at radius 3 is 1.59 bits per heavy atom. The minimum absolute atomic E-state index is 0.326. The summed E-state index contributed by atoms with van der Waals surface area (Å²) in [5, 5.41) is 1.58. The van der Waals surface area contributed by atoms with Crippen molar-refractivity contribution >= 4 is 41.9 Å². The van der Waals surface area contributed by atoms with E-state index in [2.05, 4.69) is 0 Å². The number of hydrogen-bond donors (Lipinski definition) is 0. The van der Waals surface area contributed by atoms with Gasteiger partial charge >= 0.3 is 0 Å². The summed E-state index contributed by atoms with van der Waals surface area (Å²) in [5.41, 5.74) is 0. The lowest BCUT2D eigenvalue weighted by Crippen LogP contribution is -2.31. The first-order chi connectivity index (χ1) is 10.5. The zero-order chi connectivity index (χ0) is 16.3. The molecule has 0 aliphatic carbocycles. The summed E-state index contributed by atoms with van der Waals surface area (Å²) >= 11 is 11.7. The number of halogens is 4. The summed E-state index contributed by atoms with van der Waals surface area (Å²) < 4.78 is 30.8. The predicted molar refractivity (Wildman–Crippen MR) is 91.9 cm³/mol. The van der Waals surface area contributed by atoms with Crippen LogP contribution in [0.4, 0.5) is 8.78 Å². The van der Waals surface area contributed by atoms with Gasteiger partial charge in [0.2, 0.25) is 0 Å². The first-order valence-electron chi connectivity index (χ1n) is 6.93. The quantitative estimate of drug-likeness (QED) is 0.680. The molecule has 0 spiro atoms. The lowest BCUT2D eigenvalue weighted by atomic mass is 10.3. The number of nitrogens with zero attached hydrogens (tertiary/aromatic N) is 1. The van der Waals surface area contributed by atoms with Gasteiger partial charge in [0.15, 0.2) is 0 Å². The van der Waals surface area contributed by atoms with E-state index in [1.54, 1.807) is 24.3 Å². The van der Waals surface area contributed by atoms with Crippen LogP contribution in [-0.2, 0) is 0 Å². The van der Waals surface area contributed by atoms with Gasteiger partial charge in [-0.1, -0.05) is 37.0 Å². The summed E-state index contributed by atoms with van der Waals surface area (Å²) in [6.45, 7) is 5.32. The van der Waals surface area contributed by atoms with Crippen molar-refractivity contribution in [3.8, 4) is 0 Å².